The topological polar surface area (TPSA) is 97.8 Å². The van der Waals surface area contributed by atoms with E-state index in [0.29, 0.717) is 29.4 Å². The first kappa shape index (κ1) is 17.3. The highest BCUT2D eigenvalue weighted by Crippen LogP contribution is 2.37. The molecule has 2 N–H and O–H groups in total. The molecule has 0 aliphatic carbocycles. The number of nitrogens with one attached hydrogen (secondary N) is 2. The van der Waals surface area contributed by atoms with E-state index in [0.717, 1.165) is 5.56 Å². The van der Waals surface area contributed by atoms with Gasteiger partial charge in [0.05, 0.1) is 27.5 Å². The van der Waals surface area contributed by atoms with Crippen LogP contribution in [0, 0.1) is 0 Å². The predicted octanol–water partition coefficient (Wildman–Crippen LogP) is 1.80. The lowest BCUT2D eigenvalue weighted by molar-refractivity contribution is 0.324. The number of nitrogens with zero attached hydrogens (tertiary/aromatic N) is 2. The number of aromatic amines is 1. The van der Waals surface area contributed by atoms with Crippen LogP contribution in [0.2, 0.25) is 0 Å². The molecule has 8 heteroatoms. The van der Waals surface area contributed by atoms with E-state index in [9.17, 15) is 4.79 Å². The third kappa shape index (κ3) is 4.03. The lowest BCUT2D eigenvalue weighted by Gasteiger charge is -2.12. The zero-order chi connectivity index (χ0) is 17.5. The summed E-state index contributed by atoms with van der Waals surface area (Å²) in [6.07, 6.45) is 2.22. The fraction of sp³-hybridized carbons (Fsp3) is 0.312. The summed E-state index contributed by atoms with van der Waals surface area (Å²) >= 11 is 0. The first-order valence-electron chi connectivity index (χ1n) is 7.30. The molecular weight excluding hydrogens is 312 g/mol. The molecule has 0 aliphatic rings. The van der Waals surface area contributed by atoms with Crippen molar-refractivity contribution in [3.8, 4) is 17.2 Å². The van der Waals surface area contributed by atoms with Gasteiger partial charge in [-0.3, -0.25) is 9.78 Å². The van der Waals surface area contributed by atoms with Crippen molar-refractivity contribution in [3.05, 3.63) is 39.8 Å². The van der Waals surface area contributed by atoms with Gasteiger partial charge in [0.25, 0.3) is 5.56 Å². The second kappa shape index (κ2) is 8.00. The number of rotatable bonds is 7. The molecule has 0 unspecified atom stereocenters. The molecule has 1 aromatic heterocycles. The predicted molar refractivity (Wildman–Crippen MR) is 91.6 cm³/mol. The van der Waals surface area contributed by atoms with Crippen LogP contribution >= 0.6 is 0 Å². The molecular formula is C16H20N4O4. The van der Waals surface area contributed by atoms with Gasteiger partial charge in [0.2, 0.25) is 11.7 Å². The molecule has 0 aliphatic heterocycles. The summed E-state index contributed by atoms with van der Waals surface area (Å²) in [7, 11) is 4.63. The lowest BCUT2D eigenvalue weighted by atomic mass is 10.2. The number of hydrogen-bond donors (Lipinski definition) is 2. The quantitative estimate of drug-likeness (QED) is 0.593. The van der Waals surface area contributed by atoms with Crippen LogP contribution in [0.4, 0.5) is 5.95 Å². The molecule has 0 saturated heterocycles. The van der Waals surface area contributed by atoms with E-state index >= 15 is 0 Å². The average molecular weight is 332 g/mol. The Morgan fingerprint density at radius 2 is 1.83 bits per heavy atom. The van der Waals surface area contributed by atoms with E-state index in [1.807, 2.05) is 6.92 Å². The first-order chi connectivity index (χ1) is 11.6. The molecule has 0 amide bonds. The molecule has 0 saturated carbocycles. The van der Waals surface area contributed by atoms with Crippen LogP contribution in [0.15, 0.2) is 28.1 Å². The van der Waals surface area contributed by atoms with Gasteiger partial charge < -0.3 is 14.2 Å². The highest BCUT2D eigenvalue weighted by molar-refractivity contribution is 5.82. The number of H-pyrrole nitrogens is 1. The van der Waals surface area contributed by atoms with Gasteiger partial charge in [-0.15, -0.1) is 0 Å². The molecule has 1 aromatic carbocycles. The number of aromatic nitrogens is 2. The molecule has 0 spiro atoms. The summed E-state index contributed by atoms with van der Waals surface area (Å²) in [5.41, 5.74) is 3.89. The molecule has 0 bridgehead atoms. The minimum Gasteiger partial charge on any atom is -0.493 e. The van der Waals surface area contributed by atoms with Crippen LogP contribution in [0.3, 0.4) is 0 Å². The van der Waals surface area contributed by atoms with Gasteiger partial charge in [-0.05, 0) is 18.6 Å². The minimum atomic E-state index is -0.229. The van der Waals surface area contributed by atoms with Gasteiger partial charge >= 0.3 is 0 Å². The van der Waals surface area contributed by atoms with E-state index < -0.39 is 0 Å². The summed E-state index contributed by atoms with van der Waals surface area (Å²) in [5.74, 6) is 1.84. The summed E-state index contributed by atoms with van der Waals surface area (Å²) in [4.78, 5) is 18.3. The molecule has 0 atom stereocenters. The van der Waals surface area contributed by atoms with Crippen molar-refractivity contribution in [2.75, 3.05) is 26.8 Å². The molecule has 0 radical (unpaired) electrons. The Bertz CT molecular complexity index is 761. The largest absolute Gasteiger partial charge is 0.493 e. The molecule has 0 fully saturated rings. The van der Waals surface area contributed by atoms with Crippen molar-refractivity contribution < 1.29 is 14.2 Å². The Morgan fingerprint density at radius 3 is 2.38 bits per heavy atom. The van der Waals surface area contributed by atoms with Crippen molar-refractivity contribution in [2.24, 2.45) is 5.10 Å². The SMILES string of the molecule is CCc1cc(=O)[nH]c(N/N=C\c2cc(OC)c(OC)c(OC)c2)n1. The Labute approximate surface area is 139 Å². The normalized spacial score (nSPS) is 10.7. The monoisotopic (exact) mass is 332 g/mol. The second-order valence-electron chi connectivity index (χ2n) is 4.77. The number of methoxy groups -OCH3 is 3. The van der Waals surface area contributed by atoms with Crippen molar-refractivity contribution in [1.29, 1.82) is 0 Å². The number of aryl methyl sites for hydroxylation is 1. The van der Waals surface area contributed by atoms with Crippen molar-refractivity contribution in [1.82, 2.24) is 9.97 Å². The van der Waals surface area contributed by atoms with Gasteiger partial charge in [0, 0.05) is 17.3 Å². The Hall–Kier alpha value is -3.03. The summed E-state index contributed by atoms with van der Waals surface area (Å²) in [6.45, 7) is 1.92. The summed E-state index contributed by atoms with van der Waals surface area (Å²) in [5, 5.41) is 4.08. The number of benzene rings is 1. The second-order valence-corrected chi connectivity index (χ2v) is 4.77. The highest BCUT2D eigenvalue weighted by atomic mass is 16.5. The Morgan fingerprint density at radius 1 is 1.17 bits per heavy atom. The Kier molecular flexibility index (Phi) is 5.78. The maximum Gasteiger partial charge on any atom is 0.252 e. The minimum absolute atomic E-state index is 0.229. The van der Waals surface area contributed by atoms with Gasteiger partial charge in [-0.25, -0.2) is 10.4 Å². The third-order valence-corrected chi connectivity index (χ3v) is 3.23. The lowest BCUT2D eigenvalue weighted by Crippen LogP contribution is -2.11. The van der Waals surface area contributed by atoms with Gasteiger partial charge in [0.15, 0.2) is 11.5 Å². The van der Waals surface area contributed by atoms with Crippen LogP contribution < -0.4 is 25.2 Å². The number of ether oxygens (including phenoxy) is 3. The zero-order valence-electron chi connectivity index (χ0n) is 14.0. The number of hydrogen-bond acceptors (Lipinski definition) is 7. The first-order valence-corrected chi connectivity index (χ1v) is 7.30. The van der Waals surface area contributed by atoms with Crippen LogP contribution in [-0.2, 0) is 6.42 Å². The van der Waals surface area contributed by atoms with E-state index in [-0.39, 0.29) is 11.5 Å². The van der Waals surface area contributed by atoms with Crippen molar-refractivity contribution in [2.45, 2.75) is 13.3 Å². The number of hydrazone groups is 1. The van der Waals surface area contributed by atoms with Crippen molar-refractivity contribution >= 4 is 12.2 Å². The van der Waals surface area contributed by atoms with Crippen LogP contribution in [0.25, 0.3) is 0 Å². The van der Waals surface area contributed by atoms with Gasteiger partial charge in [-0.2, -0.15) is 5.10 Å². The highest BCUT2D eigenvalue weighted by Gasteiger charge is 2.12. The summed E-state index contributed by atoms with van der Waals surface area (Å²) in [6, 6.07) is 4.96. The molecule has 24 heavy (non-hydrogen) atoms. The van der Waals surface area contributed by atoms with E-state index in [1.165, 1.54) is 6.07 Å². The van der Waals surface area contributed by atoms with E-state index in [2.05, 4.69) is 20.5 Å². The fourth-order valence-electron chi connectivity index (χ4n) is 2.09. The molecule has 8 nitrogen and oxygen atoms in total. The Balaban J connectivity index is 2.23. The number of anilines is 1. The summed E-state index contributed by atoms with van der Waals surface area (Å²) < 4.78 is 15.8. The zero-order valence-corrected chi connectivity index (χ0v) is 14.0. The van der Waals surface area contributed by atoms with Gasteiger partial charge in [-0.1, -0.05) is 6.92 Å². The molecule has 2 rings (SSSR count). The van der Waals surface area contributed by atoms with Gasteiger partial charge in [0.1, 0.15) is 0 Å². The molecule has 128 valence electrons. The smallest absolute Gasteiger partial charge is 0.252 e. The fourth-order valence-corrected chi connectivity index (χ4v) is 2.09. The molecule has 2 aromatic rings. The van der Waals surface area contributed by atoms with Crippen LogP contribution in [0.5, 0.6) is 17.2 Å². The molecule has 1 heterocycles. The third-order valence-electron chi connectivity index (χ3n) is 3.23. The van der Waals surface area contributed by atoms with Crippen LogP contribution in [-0.4, -0.2) is 37.5 Å². The van der Waals surface area contributed by atoms with Crippen molar-refractivity contribution in [3.63, 3.8) is 0 Å². The van der Waals surface area contributed by atoms with Crippen LogP contribution in [0.1, 0.15) is 18.2 Å². The van der Waals surface area contributed by atoms with E-state index in [1.54, 1.807) is 39.7 Å². The standard InChI is InChI=1S/C16H20N4O4/c1-5-11-8-14(21)19-16(18-11)20-17-9-10-6-12(22-2)15(24-4)13(7-10)23-3/h6-9H,5H2,1-4H3,(H2,18,19,20,21)/b17-9-. The maximum absolute atomic E-state index is 11.5. The maximum atomic E-state index is 11.5. The average Bonchev–Trinajstić information content (AvgIpc) is 2.60. The van der Waals surface area contributed by atoms with E-state index in [4.69, 9.17) is 14.2 Å².